The molecule has 0 aromatic heterocycles. The van der Waals surface area contributed by atoms with Gasteiger partial charge in [-0.05, 0) is 49.9 Å². The van der Waals surface area contributed by atoms with Crippen LogP contribution in [0.1, 0.15) is 48.2 Å². The molecule has 2 aromatic carbocycles. The van der Waals surface area contributed by atoms with Crippen LogP contribution in [-0.4, -0.2) is 82.9 Å². The van der Waals surface area contributed by atoms with Gasteiger partial charge in [0.05, 0.1) is 31.1 Å². The number of aliphatic hydroxyl groups is 1. The SMILES string of the molecule is C[C@H](CO)N1C[C@H](C)[C@H](CN(C)Cc2ccc(C(=O)O)cc2)Oc2ccc(NC(=O)CCC(F)(F)F)cc2CC1=O. The van der Waals surface area contributed by atoms with Gasteiger partial charge in [-0.3, -0.25) is 14.5 Å². The Bertz CT molecular complexity index is 1220. The van der Waals surface area contributed by atoms with Crippen LogP contribution in [0.25, 0.3) is 0 Å². The number of ether oxygens (including phenoxy) is 1. The largest absolute Gasteiger partial charge is 0.488 e. The Hall–Kier alpha value is -3.64. The van der Waals surface area contributed by atoms with Gasteiger partial charge in [0.25, 0.3) is 0 Å². The number of likely N-dealkylation sites (N-methyl/N-ethyl adjacent to an activating group) is 1. The number of fused-ring (bicyclic) bond motifs is 1. The summed E-state index contributed by atoms with van der Waals surface area (Å²) in [4.78, 5) is 40.2. The molecule has 9 nitrogen and oxygen atoms in total. The minimum absolute atomic E-state index is 0.0862. The van der Waals surface area contributed by atoms with E-state index in [1.54, 1.807) is 42.2 Å². The van der Waals surface area contributed by atoms with Crippen molar-refractivity contribution in [3.8, 4) is 5.75 Å². The van der Waals surface area contributed by atoms with Crippen LogP contribution in [0, 0.1) is 5.92 Å². The van der Waals surface area contributed by atoms with Crippen LogP contribution in [0.5, 0.6) is 5.75 Å². The molecule has 3 atom stereocenters. The van der Waals surface area contributed by atoms with Crippen LogP contribution < -0.4 is 10.1 Å². The van der Waals surface area contributed by atoms with E-state index in [2.05, 4.69) is 5.32 Å². The molecule has 41 heavy (non-hydrogen) atoms. The first kappa shape index (κ1) is 31.9. The minimum atomic E-state index is -4.45. The summed E-state index contributed by atoms with van der Waals surface area (Å²) in [5.41, 5.74) is 1.81. The van der Waals surface area contributed by atoms with Gasteiger partial charge in [-0.2, -0.15) is 13.2 Å². The summed E-state index contributed by atoms with van der Waals surface area (Å²) in [5, 5.41) is 21.4. The van der Waals surface area contributed by atoms with Gasteiger partial charge in [0, 0.05) is 43.2 Å². The highest BCUT2D eigenvalue weighted by molar-refractivity contribution is 5.91. The zero-order valence-corrected chi connectivity index (χ0v) is 23.3. The molecule has 0 bridgehead atoms. The average molecular weight is 580 g/mol. The van der Waals surface area contributed by atoms with Gasteiger partial charge in [-0.1, -0.05) is 19.1 Å². The fourth-order valence-corrected chi connectivity index (χ4v) is 4.64. The number of aliphatic hydroxyl groups excluding tert-OH is 1. The van der Waals surface area contributed by atoms with Crippen LogP contribution in [-0.2, 0) is 22.6 Å². The van der Waals surface area contributed by atoms with Crippen LogP contribution in [0.2, 0.25) is 0 Å². The third-order valence-corrected chi connectivity index (χ3v) is 6.98. The van der Waals surface area contributed by atoms with Crippen molar-refractivity contribution in [1.82, 2.24) is 9.80 Å². The van der Waals surface area contributed by atoms with Gasteiger partial charge < -0.3 is 25.2 Å². The minimum Gasteiger partial charge on any atom is -0.488 e. The first-order valence-electron chi connectivity index (χ1n) is 13.3. The number of rotatable bonds is 10. The molecule has 0 saturated heterocycles. The lowest BCUT2D eigenvalue weighted by Crippen LogP contribution is -2.47. The smallest absolute Gasteiger partial charge is 0.389 e. The highest BCUT2D eigenvalue weighted by Crippen LogP contribution is 2.30. The number of anilines is 1. The number of amides is 2. The third kappa shape index (κ3) is 9.46. The van der Waals surface area contributed by atoms with E-state index in [1.807, 2.05) is 18.9 Å². The van der Waals surface area contributed by atoms with Crippen molar-refractivity contribution in [2.24, 2.45) is 5.92 Å². The Balaban J connectivity index is 1.83. The number of carboxylic acid groups (broad SMARTS) is 1. The van der Waals surface area contributed by atoms with Gasteiger partial charge in [0.15, 0.2) is 0 Å². The van der Waals surface area contributed by atoms with Crippen LogP contribution >= 0.6 is 0 Å². The van der Waals surface area contributed by atoms with Crippen molar-refractivity contribution in [2.75, 3.05) is 32.1 Å². The Morgan fingerprint density at radius 1 is 1.20 bits per heavy atom. The number of hydrogen-bond donors (Lipinski definition) is 3. The number of aromatic carboxylic acids is 1. The topological polar surface area (TPSA) is 119 Å². The maximum atomic E-state index is 13.3. The molecule has 0 saturated carbocycles. The Morgan fingerprint density at radius 2 is 1.88 bits per heavy atom. The molecule has 0 spiro atoms. The van der Waals surface area contributed by atoms with Crippen LogP contribution in [0.4, 0.5) is 18.9 Å². The zero-order chi connectivity index (χ0) is 30.3. The highest BCUT2D eigenvalue weighted by atomic mass is 19.4. The van der Waals surface area contributed by atoms with Crippen molar-refractivity contribution in [1.29, 1.82) is 0 Å². The third-order valence-electron chi connectivity index (χ3n) is 6.98. The molecular formula is C29H36F3N3O6. The number of hydrogen-bond acceptors (Lipinski definition) is 6. The first-order chi connectivity index (χ1) is 19.3. The quantitative estimate of drug-likeness (QED) is 0.390. The number of carboxylic acids is 1. The fourth-order valence-electron chi connectivity index (χ4n) is 4.64. The fraction of sp³-hybridized carbons (Fsp3) is 0.483. The molecule has 0 radical (unpaired) electrons. The maximum absolute atomic E-state index is 13.3. The van der Waals surface area contributed by atoms with E-state index in [-0.39, 0.29) is 36.1 Å². The van der Waals surface area contributed by atoms with E-state index in [1.165, 1.54) is 12.1 Å². The molecule has 2 aromatic rings. The summed E-state index contributed by atoms with van der Waals surface area (Å²) in [7, 11) is 1.90. The normalized spacial score (nSPS) is 18.5. The second-order valence-corrected chi connectivity index (χ2v) is 10.6. The lowest BCUT2D eigenvalue weighted by Gasteiger charge is -2.34. The Kier molecular flexibility index (Phi) is 10.7. The molecule has 3 rings (SSSR count). The number of carbonyl (C=O) groups is 3. The summed E-state index contributed by atoms with van der Waals surface area (Å²) < 4.78 is 44.0. The monoisotopic (exact) mass is 579 g/mol. The molecule has 0 fully saturated rings. The summed E-state index contributed by atoms with van der Waals surface area (Å²) in [6, 6.07) is 10.8. The van der Waals surface area contributed by atoms with E-state index in [9.17, 15) is 32.7 Å². The number of halogens is 3. The standard InChI is InChI=1S/C29H36F3N3O6/c1-18-14-35(19(2)17-36)27(38)13-22-12-23(33-26(37)10-11-29(30,31)32)8-9-24(22)41-25(18)16-34(3)15-20-4-6-21(7-5-20)28(39)40/h4-9,12,18-19,25,36H,10-11,13-17H2,1-3H3,(H,33,37)(H,39,40)/t18-,19+,25-/m0/s1. The molecular weight excluding hydrogens is 543 g/mol. The van der Waals surface area contributed by atoms with E-state index in [0.717, 1.165) is 5.56 Å². The van der Waals surface area contributed by atoms with E-state index in [4.69, 9.17) is 9.84 Å². The van der Waals surface area contributed by atoms with Crippen molar-refractivity contribution in [3.05, 3.63) is 59.2 Å². The summed E-state index contributed by atoms with van der Waals surface area (Å²) in [6.45, 7) is 4.73. The Labute approximate surface area is 236 Å². The molecule has 1 aliphatic rings. The number of alkyl halides is 3. The summed E-state index contributed by atoms with van der Waals surface area (Å²) in [5.74, 6) is -1.79. The molecule has 12 heteroatoms. The van der Waals surface area contributed by atoms with Crippen molar-refractivity contribution >= 4 is 23.5 Å². The predicted molar refractivity (Wildman–Crippen MR) is 146 cm³/mol. The van der Waals surface area contributed by atoms with E-state index < -0.39 is 43.0 Å². The van der Waals surface area contributed by atoms with Gasteiger partial charge in [0.1, 0.15) is 11.9 Å². The number of nitrogens with zero attached hydrogens (tertiary/aromatic N) is 2. The Morgan fingerprint density at radius 3 is 2.49 bits per heavy atom. The lowest BCUT2D eigenvalue weighted by molar-refractivity contribution is -0.142. The molecule has 224 valence electrons. The molecule has 2 amide bonds. The molecule has 1 heterocycles. The molecule has 0 unspecified atom stereocenters. The second kappa shape index (κ2) is 13.8. The molecule has 3 N–H and O–H groups in total. The first-order valence-corrected chi connectivity index (χ1v) is 13.3. The number of nitrogens with one attached hydrogen (secondary N) is 1. The van der Waals surface area contributed by atoms with Gasteiger partial charge in [-0.25, -0.2) is 4.79 Å². The lowest BCUT2D eigenvalue weighted by atomic mass is 10.0. The predicted octanol–water partition coefficient (Wildman–Crippen LogP) is 3.95. The zero-order valence-electron chi connectivity index (χ0n) is 23.3. The van der Waals surface area contributed by atoms with Crippen LogP contribution in [0.3, 0.4) is 0 Å². The van der Waals surface area contributed by atoms with Gasteiger partial charge >= 0.3 is 12.1 Å². The van der Waals surface area contributed by atoms with Crippen molar-refractivity contribution < 1.29 is 42.5 Å². The van der Waals surface area contributed by atoms with E-state index >= 15 is 0 Å². The van der Waals surface area contributed by atoms with Crippen molar-refractivity contribution in [3.63, 3.8) is 0 Å². The van der Waals surface area contributed by atoms with Crippen molar-refractivity contribution in [2.45, 2.75) is 58.0 Å². The van der Waals surface area contributed by atoms with Gasteiger partial charge in [-0.15, -0.1) is 0 Å². The van der Waals surface area contributed by atoms with Gasteiger partial charge in [0.2, 0.25) is 11.8 Å². The second-order valence-electron chi connectivity index (χ2n) is 10.6. The highest BCUT2D eigenvalue weighted by Gasteiger charge is 2.31. The summed E-state index contributed by atoms with van der Waals surface area (Å²) >= 11 is 0. The number of benzene rings is 2. The van der Waals surface area contributed by atoms with E-state index in [0.29, 0.717) is 30.9 Å². The summed E-state index contributed by atoms with van der Waals surface area (Å²) in [6.07, 6.45) is -6.89. The number of carbonyl (C=O) groups excluding carboxylic acids is 2. The molecule has 0 aliphatic carbocycles. The van der Waals surface area contributed by atoms with Crippen LogP contribution in [0.15, 0.2) is 42.5 Å². The molecule has 1 aliphatic heterocycles. The average Bonchev–Trinajstić information content (AvgIpc) is 2.94. The maximum Gasteiger partial charge on any atom is 0.389 e.